The third kappa shape index (κ3) is 6.98. The van der Waals surface area contributed by atoms with Crippen LogP contribution in [0.3, 0.4) is 0 Å². The second kappa shape index (κ2) is 8.22. The Labute approximate surface area is 129 Å². The topological polar surface area (TPSA) is 130 Å². The molecule has 1 aromatic carbocycles. The first kappa shape index (κ1) is 18.6. The molecule has 0 amide bonds. The Morgan fingerprint density at radius 2 is 1.64 bits per heavy atom. The number of sulfonamides is 2. The molecule has 0 saturated carbocycles. The van der Waals surface area contributed by atoms with Crippen molar-refractivity contribution in [3.8, 4) is 0 Å². The van der Waals surface area contributed by atoms with Crippen molar-refractivity contribution in [3.05, 3.63) is 30.3 Å². The molecule has 10 heteroatoms. The lowest BCUT2D eigenvalue weighted by atomic mass is 10.3. The van der Waals surface area contributed by atoms with Crippen LogP contribution in [0.5, 0.6) is 0 Å². The highest BCUT2D eigenvalue weighted by atomic mass is 32.2. The van der Waals surface area contributed by atoms with Crippen molar-refractivity contribution >= 4 is 26.0 Å². The summed E-state index contributed by atoms with van der Waals surface area (Å²) in [6.07, 6.45) is 0.0352. The fourth-order valence-electron chi connectivity index (χ4n) is 1.53. The van der Waals surface area contributed by atoms with Crippen molar-refractivity contribution < 1.29 is 26.7 Å². The summed E-state index contributed by atoms with van der Waals surface area (Å²) in [5.41, 5.74) is 0. The monoisotopic (exact) mass is 350 g/mol. The highest BCUT2D eigenvalue weighted by Crippen LogP contribution is 2.06. The molecule has 0 heterocycles. The summed E-state index contributed by atoms with van der Waals surface area (Å²) in [4.78, 5) is 10.3. The molecule has 8 nitrogen and oxygen atoms in total. The molecular weight excluding hydrogens is 332 g/mol. The number of carbonyl (C=O) groups is 1. The summed E-state index contributed by atoms with van der Waals surface area (Å²) < 4.78 is 51.3. The van der Waals surface area contributed by atoms with E-state index >= 15 is 0 Å². The predicted octanol–water partition coefficient (Wildman–Crippen LogP) is -0.251. The fourth-order valence-corrected chi connectivity index (χ4v) is 3.69. The maximum absolute atomic E-state index is 11.9. The second-order valence-corrected chi connectivity index (χ2v) is 8.11. The highest BCUT2D eigenvalue weighted by molar-refractivity contribution is 7.90. The van der Waals surface area contributed by atoms with E-state index in [0.29, 0.717) is 0 Å². The SMILES string of the molecule is O=C(O)CCCNS(=O)(=O)CCNS(=O)(=O)c1ccccc1. The molecule has 3 N–H and O–H groups in total. The normalized spacial score (nSPS) is 12.2. The highest BCUT2D eigenvalue weighted by Gasteiger charge is 2.15. The Hall–Kier alpha value is -1.49. The van der Waals surface area contributed by atoms with Gasteiger partial charge < -0.3 is 5.11 Å². The molecule has 0 radical (unpaired) electrons. The van der Waals surface area contributed by atoms with Crippen LogP contribution in [0.4, 0.5) is 0 Å². The minimum absolute atomic E-state index is 0.0000681. The third-order valence-electron chi connectivity index (χ3n) is 2.61. The van der Waals surface area contributed by atoms with E-state index in [-0.39, 0.29) is 30.8 Å². The van der Waals surface area contributed by atoms with Gasteiger partial charge in [-0.15, -0.1) is 0 Å². The molecular formula is C12H18N2O6S2. The standard InChI is InChI=1S/C12H18N2O6S2/c15-12(16)7-4-8-13-21(17,18)10-9-14-22(19,20)11-5-2-1-3-6-11/h1-3,5-6,13-14H,4,7-10H2,(H,15,16). The molecule has 0 aliphatic heterocycles. The van der Waals surface area contributed by atoms with E-state index in [1.165, 1.54) is 12.1 Å². The molecule has 0 atom stereocenters. The summed E-state index contributed by atoms with van der Waals surface area (Å²) in [7, 11) is -7.39. The first-order chi connectivity index (χ1) is 10.2. The smallest absolute Gasteiger partial charge is 0.303 e. The lowest BCUT2D eigenvalue weighted by molar-refractivity contribution is -0.137. The van der Waals surface area contributed by atoms with Gasteiger partial charge in [0, 0.05) is 19.5 Å². The molecule has 124 valence electrons. The van der Waals surface area contributed by atoms with Gasteiger partial charge in [0.15, 0.2) is 0 Å². The average Bonchev–Trinajstić information content (AvgIpc) is 2.44. The van der Waals surface area contributed by atoms with Crippen molar-refractivity contribution in [2.45, 2.75) is 17.7 Å². The molecule has 0 spiro atoms. The zero-order chi connectivity index (χ0) is 16.6. The van der Waals surface area contributed by atoms with E-state index in [1.807, 2.05) is 0 Å². The molecule has 0 aliphatic carbocycles. The number of benzene rings is 1. The van der Waals surface area contributed by atoms with Crippen LogP contribution in [0.2, 0.25) is 0 Å². The Balaban J connectivity index is 2.41. The van der Waals surface area contributed by atoms with E-state index in [2.05, 4.69) is 9.44 Å². The fraction of sp³-hybridized carbons (Fsp3) is 0.417. The minimum atomic E-state index is -3.74. The van der Waals surface area contributed by atoms with Crippen molar-refractivity contribution in [2.24, 2.45) is 0 Å². The Morgan fingerprint density at radius 3 is 2.23 bits per heavy atom. The molecule has 0 fully saturated rings. The van der Waals surface area contributed by atoms with Gasteiger partial charge in [0.1, 0.15) is 0 Å². The Morgan fingerprint density at radius 1 is 1.00 bits per heavy atom. The number of carboxylic acids is 1. The van der Waals surface area contributed by atoms with Gasteiger partial charge >= 0.3 is 5.97 Å². The summed E-state index contributed by atoms with van der Waals surface area (Å²) in [6.45, 7) is -0.272. The molecule has 1 aromatic rings. The first-order valence-corrected chi connectivity index (χ1v) is 9.60. The molecule has 22 heavy (non-hydrogen) atoms. The largest absolute Gasteiger partial charge is 0.481 e. The molecule has 0 bridgehead atoms. The zero-order valence-electron chi connectivity index (χ0n) is 11.7. The van der Waals surface area contributed by atoms with Crippen LogP contribution in [-0.2, 0) is 24.8 Å². The van der Waals surface area contributed by atoms with E-state index in [0.717, 1.165) is 0 Å². The molecule has 0 aliphatic rings. The van der Waals surface area contributed by atoms with Gasteiger partial charge in [0.25, 0.3) is 0 Å². The van der Waals surface area contributed by atoms with E-state index in [1.54, 1.807) is 18.2 Å². The van der Waals surface area contributed by atoms with Crippen LogP contribution in [0, 0.1) is 0 Å². The summed E-state index contributed by atoms with van der Waals surface area (Å²) in [5, 5.41) is 8.43. The van der Waals surface area contributed by atoms with E-state index in [4.69, 9.17) is 5.11 Å². The van der Waals surface area contributed by atoms with E-state index in [9.17, 15) is 21.6 Å². The third-order valence-corrected chi connectivity index (χ3v) is 5.47. The number of hydrogen-bond donors (Lipinski definition) is 3. The average molecular weight is 350 g/mol. The van der Waals surface area contributed by atoms with Crippen molar-refractivity contribution in [2.75, 3.05) is 18.8 Å². The van der Waals surface area contributed by atoms with Crippen LogP contribution < -0.4 is 9.44 Å². The molecule has 1 rings (SSSR count). The maximum Gasteiger partial charge on any atom is 0.303 e. The van der Waals surface area contributed by atoms with Crippen LogP contribution in [-0.4, -0.2) is 46.8 Å². The van der Waals surface area contributed by atoms with E-state index < -0.39 is 31.8 Å². The van der Waals surface area contributed by atoms with Crippen LogP contribution in [0.1, 0.15) is 12.8 Å². The summed E-state index contributed by atoms with van der Waals surface area (Å²) >= 11 is 0. The number of carboxylic acid groups (broad SMARTS) is 1. The second-order valence-electron chi connectivity index (χ2n) is 4.42. The number of aliphatic carboxylic acids is 1. The first-order valence-electron chi connectivity index (χ1n) is 6.47. The number of nitrogens with one attached hydrogen (secondary N) is 2. The van der Waals surface area contributed by atoms with Gasteiger partial charge in [0.05, 0.1) is 10.6 Å². The van der Waals surface area contributed by atoms with Gasteiger partial charge in [-0.25, -0.2) is 26.3 Å². The summed E-state index contributed by atoms with van der Waals surface area (Å²) in [6, 6.07) is 7.61. The van der Waals surface area contributed by atoms with Gasteiger partial charge in [-0.05, 0) is 18.6 Å². The Bertz CT molecular complexity index is 686. The quantitative estimate of drug-likeness (QED) is 0.499. The lowest BCUT2D eigenvalue weighted by Gasteiger charge is -2.08. The lowest BCUT2D eigenvalue weighted by Crippen LogP contribution is -2.35. The van der Waals surface area contributed by atoms with Crippen LogP contribution in [0.25, 0.3) is 0 Å². The van der Waals surface area contributed by atoms with Gasteiger partial charge in [0.2, 0.25) is 20.0 Å². The Kier molecular flexibility index (Phi) is 6.94. The maximum atomic E-state index is 11.9. The van der Waals surface area contributed by atoms with Gasteiger partial charge in [-0.3, -0.25) is 4.79 Å². The van der Waals surface area contributed by atoms with Crippen molar-refractivity contribution in [3.63, 3.8) is 0 Å². The van der Waals surface area contributed by atoms with Crippen LogP contribution in [0.15, 0.2) is 35.2 Å². The zero-order valence-corrected chi connectivity index (χ0v) is 13.4. The predicted molar refractivity (Wildman–Crippen MR) is 80.3 cm³/mol. The van der Waals surface area contributed by atoms with Gasteiger partial charge in [-0.2, -0.15) is 0 Å². The van der Waals surface area contributed by atoms with Crippen molar-refractivity contribution in [1.82, 2.24) is 9.44 Å². The van der Waals surface area contributed by atoms with Crippen molar-refractivity contribution in [1.29, 1.82) is 0 Å². The number of rotatable bonds is 10. The number of hydrogen-bond acceptors (Lipinski definition) is 5. The molecule has 0 unspecified atom stereocenters. The minimum Gasteiger partial charge on any atom is -0.481 e. The van der Waals surface area contributed by atoms with Gasteiger partial charge in [-0.1, -0.05) is 18.2 Å². The van der Waals surface area contributed by atoms with Crippen LogP contribution >= 0.6 is 0 Å². The summed E-state index contributed by atoms with van der Waals surface area (Å²) in [5.74, 6) is -1.43. The molecule has 0 saturated heterocycles. The molecule has 0 aromatic heterocycles.